The summed E-state index contributed by atoms with van der Waals surface area (Å²) in [5.74, 6) is -0.382. The van der Waals surface area contributed by atoms with Crippen LogP contribution < -0.4 is 4.74 Å². The number of benzene rings is 1. The van der Waals surface area contributed by atoms with E-state index in [1.165, 1.54) is 25.3 Å². The Kier molecular flexibility index (Phi) is 6.59. The van der Waals surface area contributed by atoms with Gasteiger partial charge in [-0.05, 0) is 75.6 Å². The third kappa shape index (κ3) is 4.95. The van der Waals surface area contributed by atoms with E-state index in [-0.39, 0.29) is 5.78 Å². The molecule has 0 saturated heterocycles. The summed E-state index contributed by atoms with van der Waals surface area (Å²) in [4.78, 5) is 23.0. The Hall–Kier alpha value is -2.10. The van der Waals surface area contributed by atoms with Crippen molar-refractivity contribution in [3.8, 4) is 5.75 Å². The normalized spacial score (nSPS) is 15.5. The molecule has 24 heavy (non-hydrogen) atoms. The topological polar surface area (TPSA) is 63.6 Å². The van der Waals surface area contributed by atoms with Gasteiger partial charge in [-0.15, -0.1) is 0 Å². The standard InChI is InChI=1S/C20H26O4/c1-3-16-13-17(14(2)21)10-12-18(16)24-19(20(22)23)11-9-15-7-5-4-6-8-15/h7,10,12-13,19H,3-6,8-9,11H2,1-2H3,(H,22,23). The number of aryl methyl sites for hydroxylation is 1. The molecule has 1 aromatic carbocycles. The Morgan fingerprint density at radius 2 is 2.08 bits per heavy atom. The number of hydrogen-bond donors (Lipinski definition) is 1. The first-order valence-electron chi connectivity index (χ1n) is 8.72. The van der Waals surface area contributed by atoms with Gasteiger partial charge in [0, 0.05) is 5.56 Å². The van der Waals surface area contributed by atoms with E-state index in [1.807, 2.05) is 6.92 Å². The number of carbonyl (C=O) groups is 2. The number of carboxylic acid groups (broad SMARTS) is 1. The number of allylic oxidation sites excluding steroid dienone is 2. The molecule has 1 aromatic rings. The van der Waals surface area contributed by atoms with Crippen molar-refractivity contribution in [1.29, 1.82) is 0 Å². The molecule has 1 N–H and O–H groups in total. The fourth-order valence-corrected chi connectivity index (χ4v) is 3.02. The monoisotopic (exact) mass is 330 g/mol. The highest BCUT2D eigenvalue weighted by Crippen LogP contribution is 2.26. The van der Waals surface area contributed by atoms with E-state index in [0.717, 1.165) is 24.8 Å². The lowest BCUT2D eigenvalue weighted by molar-refractivity contribution is -0.145. The molecule has 4 nitrogen and oxygen atoms in total. The summed E-state index contributed by atoms with van der Waals surface area (Å²) in [6.45, 7) is 3.49. The van der Waals surface area contributed by atoms with Crippen molar-refractivity contribution in [3.05, 3.63) is 41.0 Å². The van der Waals surface area contributed by atoms with Crippen molar-refractivity contribution >= 4 is 11.8 Å². The first-order chi connectivity index (χ1) is 11.5. The summed E-state index contributed by atoms with van der Waals surface area (Å²) in [6, 6.07) is 5.20. The third-order valence-electron chi connectivity index (χ3n) is 4.51. The highest BCUT2D eigenvalue weighted by molar-refractivity contribution is 5.94. The van der Waals surface area contributed by atoms with Crippen molar-refractivity contribution in [2.24, 2.45) is 0 Å². The molecule has 0 fully saturated rings. The lowest BCUT2D eigenvalue weighted by Gasteiger charge is -2.19. The second kappa shape index (κ2) is 8.67. The number of ether oxygens (including phenoxy) is 1. The maximum Gasteiger partial charge on any atom is 0.344 e. The predicted octanol–water partition coefficient (Wildman–Crippen LogP) is 4.56. The quantitative estimate of drug-likeness (QED) is 0.560. The fourth-order valence-electron chi connectivity index (χ4n) is 3.02. The van der Waals surface area contributed by atoms with Crippen LogP contribution in [0.3, 0.4) is 0 Å². The van der Waals surface area contributed by atoms with Crippen LogP contribution in [0, 0.1) is 0 Å². The van der Waals surface area contributed by atoms with E-state index >= 15 is 0 Å². The van der Waals surface area contributed by atoms with Gasteiger partial charge in [-0.2, -0.15) is 0 Å². The second-order valence-corrected chi connectivity index (χ2v) is 6.32. The molecule has 0 bridgehead atoms. The Morgan fingerprint density at radius 3 is 2.67 bits per heavy atom. The summed E-state index contributed by atoms with van der Waals surface area (Å²) in [5, 5.41) is 9.47. The van der Waals surface area contributed by atoms with Crippen LogP contribution in [0.15, 0.2) is 29.8 Å². The van der Waals surface area contributed by atoms with Crippen LogP contribution in [-0.4, -0.2) is 23.0 Å². The van der Waals surface area contributed by atoms with E-state index in [9.17, 15) is 14.7 Å². The largest absolute Gasteiger partial charge is 0.479 e. The molecule has 4 heteroatoms. The number of ketones is 1. The van der Waals surface area contributed by atoms with Crippen LogP contribution >= 0.6 is 0 Å². The van der Waals surface area contributed by atoms with Gasteiger partial charge in [0.15, 0.2) is 11.9 Å². The van der Waals surface area contributed by atoms with E-state index in [0.29, 0.717) is 24.2 Å². The van der Waals surface area contributed by atoms with Crippen LogP contribution in [0.4, 0.5) is 0 Å². The molecule has 1 aliphatic carbocycles. The molecule has 0 amide bonds. The maximum atomic E-state index is 11.6. The summed E-state index contributed by atoms with van der Waals surface area (Å²) in [7, 11) is 0. The molecule has 0 aliphatic heterocycles. The van der Waals surface area contributed by atoms with Gasteiger partial charge in [-0.1, -0.05) is 18.6 Å². The average molecular weight is 330 g/mol. The molecule has 0 saturated carbocycles. The molecule has 1 atom stereocenters. The summed E-state index contributed by atoms with van der Waals surface area (Å²) in [6.07, 6.45) is 7.89. The van der Waals surface area contributed by atoms with Gasteiger partial charge in [-0.25, -0.2) is 4.79 Å². The molecule has 2 rings (SSSR count). The van der Waals surface area contributed by atoms with Crippen LogP contribution in [-0.2, 0) is 11.2 Å². The van der Waals surface area contributed by atoms with Crippen molar-refractivity contribution in [3.63, 3.8) is 0 Å². The molecule has 0 radical (unpaired) electrons. The van der Waals surface area contributed by atoms with Crippen LogP contribution in [0.25, 0.3) is 0 Å². The Balaban J connectivity index is 2.08. The molecule has 1 aliphatic rings. The number of hydrogen-bond acceptors (Lipinski definition) is 3. The van der Waals surface area contributed by atoms with Crippen molar-refractivity contribution in [2.45, 2.75) is 64.9 Å². The fraction of sp³-hybridized carbons (Fsp3) is 0.500. The number of carbonyl (C=O) groups excluding carboxylic acids is 1. The van der Waals surface area contributed by atoms with Gasteiger partial charge >= 0.3 is 5.97 Å². The number of carboxylic acids is 1. The van der Waals surface area contributed by atoms with Gasteiger partial charge in [0.25, 0.3) is 0 Å². The molecule has 130 valence electrons. The molecular weight excluding hydrogens is 304 g/mol. The van der Waals surface area contributed by atoms with Gasteiger partial charge in [-0.3, -0.25) is 4.79 Å². The van der Waals surface area contributed by atoms with Crippen LogP contribution in [0.1, 0.15) is 68.3 Å². The Morgan fingerprint density at radius 1 is 1.29 bits per heavy atom. The van der Waals surface area contributed by atoms with Gasteiger partial charge < -0.3 is 9.84 Å². The van der Waals surface area contributed by atoms with Crippen molar-refractivity contribution in [2.75, 3.05) is 0 Å². The summed E-state index contributed by atoms with van der Waals surface area (Å²) in [5.41, 5.74) is 2.84. The molecule has 0 spiro atoms. The number of rotatable bonds is 8. The third-order valence-corrected chi connectivity index (χ3v) is 4.51. The average Bonchev–Trinajstić information content (AvgIpc) is 2.59. The van der Waals surface area contributed by atoms with Crippen molar-refractivity contribution < 1.29 is 19.4 Å². The lowest BCUT2D eigenvalue weighted by Crippen LogP contribution is -2.27. The van der Waals surface area contributed by atoms with Gasteiger partial charge in [0.1, 0.15) is 5.75 Å². The highest BCUT2D eigenvalue weighted by atomic mass is 16.5. The zero-order valence-corrected chi connectivity index (χ0v) is 14.5. The molecule has 0 heterocycles. The van der Waals surface area contributed by atoms with Gasteiger partial charge in [0.05, 0.1) is 0 Å². The first kappa shape index (κ1) is 18.2. The first-order valence-corrected chi connectivity index (χ1v) is 8.72. The van der Waals surface area contributed by atoms with E-state index < -0.39 is 12.1 Å². The highest BCUT2D eigenvalue weighted by Gasteiger charge is 2.21. The van der Waals surface area contributed by atoms with E-state index in [2.05, 4.69) is 6.08 Å². The SMILES string of the molecule is CCc1cc(C(C)=O)ccc1OC(CCC1=CCCCC1)C(=O)O. The molecule has 0 aromatic heterocycles. The zero-order valence-electron chi connectivity index (χ0n) is 14.5. The van der Waals surface area contributed by atoms with E-state index in [1.54, 1.807) is 18.2 Å². The smallest absolute Gasteiger partial charge is 0.344 e. The lowest BCUT2D eigenvalue weighted by atomic mass is 9.95. The summed E-state index contributed by atoms with van der Waals surface area (Å²) >= 11 is 0. The van der Waals surface area contributed by atoms with Crippen LogP contribution in [0.5, 0.6) is 5.75 Å². The van der Waals surface area contributed by atoms with E-state index in [4.69, 9.17) is 4.74 Å². The summed E-state index contributed by atoms with van der Waals surface area (Å²) < 4.78 is 5.79. The zero-order chi connectivity index (χ0) is 17.5. The maximum absolute atomic E-state index is 11.6. The van der Waals surface area contributed by atoms with Crippen LogP contribution in [0.2, 0.25) is 0 Å². The Bertz CT molecular complexity index is 631. The number of Topliss-reactive ketones (excluding diaryl/α,β-unsaturated/α-hetero) is 1. The van der Waals surface area contributed by atoms with Crippen molar-refractivity contribution in [1.82, 2.24) is 0 Å². The number of aliphatic carboxylic acids is 1. The minimum atomic E-state index is -0.941. The minimum absolute atomic E-state index is 0.00438. The van der Waals surface area contributed by atoms with Gasteiger partial charge in [0.2, 0.25) is 0 Å². The second-order valence-electron chi connectivity index (χ2n) is 6.32. The molecule has 1 unspecified atom stereocenters. The predicted molar refractivity (Wildman–Crippen MR) is 93.7 cm³/mol. The minimum Gasteiger partial charge on any atom is -0.479 e. The molecular formula is C20H26O4. The Labute approximate surface area is 143 Å².